The second-order valence-corrected chi connectivity index (χ2v) is 17.2. The normalized spacial score (nSPS) is 13.3. The largest absolute Gasteiger partial charge is 0.462 e. The van der Waals surface area contributed by atoms with E-state index in [9.17, 15) is 19.8 Å². The Kier molecular flexibility index (Phi) is 43.6. The molecule has 0 aromatic rings. The lowest BCUT2D eigenvalue weighted by molar-refractivity contribution is -0.151. The zero-order valence-electron chi connectivity index (χ0n) is 37.8. The van der Waals surface area contributed by atoms with Gasteiger partial charge in [-0.3, -0.25) is 9.59 Å². The maximum absolute atomic E-state index is 13.1. The van der Waals surface area contributed by atoms with Gasteiger partial charge in [-0.15, -0.1) is 0 Å². The molecule has 0 spiro atoms. The Morgan fingerprint density at radius 1 is 0.500 bits per heavy atom. The van der Waals surface area contributed by atoms with E-state index in [1.165, 1.54) is 180 Å². The van der Waals surface area contributed by atoms with Crippen LogP contribution in [-0.2, 0) is 14.3 Å². The molecule has 0 aliphatic rings. The summed E-state index contributed by atoms with van der Waals surface area (Å²) >= 11 is 0. The van der Waals surface area contributed by atoms with Crippen molar-refractivity contribution in [3.05, 3.63) is 12.2 Å². The number of unbranched alkanes of at least 4 members (excludes halogenated alkanes) is 31. The summed E-state index contributed by atoms with van der Waals surface area (Å²) < 4.78 is 5.92. The number of aliphatic hydroxyl groups is 2. The van der Waals surface area contributed by atoms with Crippen LogP contribution in [0.2, 0.25) is 0 Å². The van der Waals surface area contributed by atoms with Gasteiger partial charge in [0.2, 0.25) is 5.91 Å². The van der Waals surface area contributed by atoms with E-state index in [1.54, 1.807) is 0 Å². The first-order valence-corrected chi connectivity index (χ1v) is 24.9. The van der Waals surface area contributed by atoms with Gasteiger partial charge in [0.05, 0.1) is 25.2 Å². The Hall–Kier alpha value is -1.40. The first-order chi connectivity index (χ1) is 27.5. The minimum atomic E-state index is -0.781. The molecule has 0 saturated carbocycles. The number of carbonyl (C=O) groups is 2. The van der Waals surface area contributed by atoms with Crippen molar-refractivity contribution in [2.45, 2.75) is 289 Å². The van der Waals surface area contributed by atoms with Gasteiger partial charge in [-0.05, 0) is 51.4 Å². The average molecular weight is 792 g/mol. The number of hydrogen-bond acceptors (Lipinski definition) is 5. The first-order valence-electron chi connectivity index (χ1n) is 24.9. The second kappa shape index (κ2) is 44.7. The Bertz CT molecular complexity index is 847. The van der Waals surface area contributed by atoms with Crippen LogP contribution >= 0.6 is 0 Å². The third kappa shape index (κ3) is 39.4. The molecule has 0 aliphatic carbocycles. The summed E-state index contributed by atoms with van der Waals surface area (Å²) in [7, 11) is 0. The molecule has 0 aromatic heterocycles. The van der Waals surface area contributed by atoms with E-state index in [0.29, 0.717) is 19.3 Å². The van der Waals surface area contributed by atoms with Crippen molar-refractivity contribution in [2.75, 3.05) is 6.61 Å². The summed E-state index contributed by atoms with van der Waals surface area (Å²) in [6.45, 7) is 6.47. The molecule has 0 aromatic carbocycles. The highest BCUT2D eigenvalue weighted by molar-refractivity contribution is 5.77. The number of carbonyl (C=O) groups excluding carboxylic acids is 2. The summed E-state index contributed by atoms with van der Waals surface area (Å²) in [6.07, 6.45) is 48.4. The van der Waals surface area contributed by atoms with Gasteiger partial charge in [0.25, 0.3) is 0 Å². The van der Waals surface area contributed by atoms with Crippen molar-refractivity contribution in [3.63, 3.8) is 0 Å². The molecule has 3 unspecified atom stereocenters. The maximum atomic E-state index is 13.1. The summed E-state index contributed by atoms with van der Waals surface area (Å²) in [4.78, 5) is 26.0. The van der Waals surface area contributed by atoms with Crippen molar-refractivity contribution < 1.29 is 24.5 Å². The van der Waals surface area contributed by atoms with Crippen LogP contribution < -0.4 is 5.32 Å². The molecule has 0 aliphatic heterocycles. The molecule has 0 radical (unpaired) electrons. The van der Waals surface area contributed by atoms with Gasteiger partial charge in [0.1, 0.15) is 6.10 Å². The SMILES string of the molecule is CCCCCC/C=C\CCCCCCCCCC(=O)OC(CCCCCCCCCCCC)CC(=O)NC(CO)C(O)CCCCCCCCCCCCCC. The molecule has 6 heteroatoms. The Morgan fingerprint density at radius 3 is 1.29 bits per heavy atom. The highest BCUT2D eigenvalue weighted by Gasteiger charge is 2.24. The van der Waals surface area contributed by atoms with E-state index in [4.69, 9.17) is 4.74 Å². The number of rotatable bonds is 45. The van der Waals surface area contributed by atoms with Gasteiger partial charge < -0.3 is 20.3 Å². The van der Waals surface area contributed by atoms with Crippen LogP contribution in [0.15, 0.2) is 12.2 Å². The van der Waals surface area contributed by atoms with Crippen LogP contribution in [0.5, 0.6) is 0 Å². The molecule has 0 bridgehead atoms. The fourth-order valence-electron chi connectivity index (χ4n) is 7.78. The summed E-state index contributed by atoms with van der Waals surface area (Å²) in [5.74, 6) is -0.466. The number of ether oxygens (including phenoxy) is 1. The lowest BCUT2D eigenvalue weighted by atomic mass is 10.0. The van der Waals surface area contributed by atoms with Gasteiger partial charge in [-0.1, -0.05) is 219 Å². The van der Waals surface area contributed by atoms with Gasteiger partial charge in [-0.2, -0.15) is 0 Å². The van der Waals surface area contributed by atoms with Crippen LogP contribution in [0.4, 0.5) is 0 Å². The summed E-state index contributed by atoms with van der Waals surface area (Å²) in [6, 6.07) is -0.694. The molecule has 6 nitrogen and oxygen atoms in total. The summed E-state index contributed by atoms with van der Waals surface area (Å²) in [5, 5.41) is 23.7. The lowest BCUT2D eigenvalue weighted by Gasteiger charge is -2.24. The predicted molar refractivity (Wildman–Crippen MR) is 241 cm³/mol. The smallest absolute Gasteiger partial charge is 0.306 e. The van der Waals surface area contributed by atoms with Crippen LogP contribution in [0.1, 0.15) is 271 Å². The molecule has 0 saturated heterocycles. The van der Waals surface area contributed by atoms with E-state index in [2.05, 4.69) is 38.2 Å². The standard InChI is InChI=1S/C50H97NO5/c1-4-7-10-13-16-19-22-24-25-26-28-31-34-37-40-43-50(55)56-46(41-38-35-32-29-21-18-15-12-9-6-3)44-49(54)51-47(45-52)48(53)42-39-36-33-30-27-23-20-17-14-11-8-5-2/h19,22,46-48,52-53H,4-18,20-21,23-45H2,1-3H3,(H,51,54)/b22-19-. The van der Waals surface area contributed by atoms with Crippen molar-refractivity contribution in [1.82, 2.24) is 5.32 Å². The maximum Gasteiger partial charge on any atom is 0.306 e. The number of hydrogen-bond donors (Lipinski definition) is 3. The third-order valence-electron chi connectivity index (χ3n) is 11.6. The minimum absolute atomic E-state index is 0.0824. The fourth-order valence-corrected chi connectivity index (χ4v) is 7.78. The number of esters is 1. The monoisotopic (exact) mass is 792 g/mol. The minimum Gasteiger partial charge on any atom is -0.462 e. The number of amides is 1. The van der Waals surface area contributed by atoms with E-state index < -0.39 is 18.2 Å². The Morgan fingerprint density at radius 2 is 0.857 bits per heavy atom. The molecule has 0 heterocycles. The molecule has 3 N–H and O–H groups in total. The average Bonchev–Trinajstić information content (AvgIpc) is 3.19. The van der Waals surface area contributed by atoms with Crippen LogP contribution in [0.3, 0.4) is 0 Å². The van der Waals surface area contributed by atoms with Crippen molar-refractivity contribution in [2.24, 2.45) is 0 Å². The zero-order valence-corrected chi connectivity index (χ0v) is 37.8. The van der Waals surface area contributed by atoms with E-state index in [0.717, 1.165) is 44.9 Å². The van der Waals surface area contributed by atoms with Gasteiger partial charge >= 0.3 is 5.97 Å². The highest BCUT2D eigenvalue weighted by Crippen LogP contribution is 2.18. The lowest BCUT2D eigenvalue weighted by Crippen LogP contribution is -2.46. The van der Waals surface area contributed by atoms with Crippen LogP contribution in [-0.4, -0.2) is 46.9 Å². The van der Waals surface area contributed by atoms with Crippen molar-refractivity contribution in [3.8, 4) is 0 Å². The Balaban J connectivity index is 4.49. The molecule has 0 rings (SSSR count). The number of allylic oxidation sites excluding steroid dienone is 2. The predicted octanol–water partition coefficient (Wildman–Crippen LogP) is 14.6. The second-order valence-electron chi connectivity index (χ2n) is 17.2. The number of aliphatic hydroxyl groups excluding tert-OH is 2. The molecule has 56 heavy (non-hydrogen) atoms. The highest BCUT2D eigenvalue weighted by atomic mass is 16.5. The van der Waals surface area contributed by atoms with Crippen molar-refractivity contribution >= 4 is 11.9 Å². The molecule has 3 atom stereocenters. The zero-order chi connectivity index (χ0) is 41.0. The first kappa shape index (κ1) is 54.6. The van der Waals surface area contributed by atoms with Gasteiger partial charge in [-0.25, -0.2) is 0 Å². The van der Waals surface area contributed by atoms with Crippen LogP contribution in [0.25, 0.3) is 0 Å². The fraction of sp³-hybridized carbons (Fsp3) is 0.920. The Labute approximate surface area is 349 Å². The molecule has 1 amide bonds. The van der Waals surface area contributed by atoms with E-state index in [-0.39, 0.29) is 24.9 Å². The molecular formula is C50H97NO5. The number of nitrogens with one attached hydrogen (secondary N) is 1. The van der Waals surface area contributed by atoms with Gasteiger partial charge in [0.15, 0.2) is 0 Å². The molecule has 0 fully saturated rings. The van der Waals surface area contributed by atoms with E-state index >= 15 is 0 Å². The quantitative estimate of drug-likeness (QED) is 0.0324. The van der Waals surface area contributed by atoms with Crippen molar-refractivity contribution in [1.29, 1.82) is 0 Å². The van der Waals surface area contributed by atoms with Gasteiger partial charge in [0, 0.05) is 6.42 Å². The van der Waals surface area contributed by atoms with Crippen LogP contribution in [0, 0.1) is 0 Å². The molecular weight excluding hydrogens is 695 g/mol. The third-order valence-corrected chi connectivity index (χ3v) is 11.6. The topological polar surface area (TPSA) is 95.9 Å². The summed E-state index contributed by atoms with van der Waals surface area (Å²) in [5.41, 5.74) is 0. The molecule has 332 valence electrons. The van der Waals surface area contributed by atoms with E-state index in [1.807, 2.05) is 0 Å².